The number of hydrogen-bond acceptors (Lipinski definition) is 4. The van der Waals surface area contributed by atoms with E-state index in [4.69, 9.17) is 9.47 Å². The summed E-state index contributed by atoms with van der Waals surface area (Å²) in [6.45, 7) is 4.91. The molecule has 0 radical (unpaired) electrons. The highest BCUT2D eigenvalue weighted by atomic mass is 16.5. The molecule has 0 bridgehead atoms. The van der Waals surface area contributed by atoms with Gasteiger partial charge in [-0.3, -0.25) is 4.90 Å². The van der Waals surface area contributed by atoms with Crippen LogP contribution >= 0.6 is 0 Å². The molecule has 1 unspecified atom stereocenters. The van der Waals surface area contributed by atoms with E-state index in [0.29, 0.717) is 17.4 Å². The smallest absolute Gasteiger partial charge is 0.124 e. The van der Waals surface area contributed by atoms with E-state index >= 15 is 0 Å². The van der Waals surface area contributed by atoms with Gasteiger partial charge in [0, 0.05) is 37.4 Å². The normalized spacial score (nSPS) is 18.2. The summed E-state index contributed by atoms with van der Waals surface area (Å²) in [5.74, 6) is 1.68. The lowest BCUT2D eigenvalue weighted by molar-refractivity contribution is 0.0511. The fourth-order valence-electron chi connectivity index (χ4n) is 2.74. The average Bonchev–Trinajstić information content (AvgIpc) is 2.47. The first-order valence-electron chi connectivity index (χ1n) is 7.26. The third-order valence-electron chi connectivity index (χ3n) is 4.24. The summed E-state index contributed by atoms with van der Waals surface area (Å²) in [7, 11) is 3.72. The minimum atomic E-state index is 0.184. The molecule has 1 heterocycles. The molecule has 1 aliphatic heterocycles. The number of ether oxygens (including phenoxy) is 2. The molecular formula is C16H25NO3. The molecule has 0 spiro atoms. The van der Waals surface area contributed by atoms with Gasteiger partial charge in [-0.05, 0) is 38.8 Å². The molecule has 4 heteroatoms. The van der Waals surface area contributed by atoms with Crippen LogP contribution in [0.4, 0.5) is 0 Å². The van der Waals surface area contributed by atoms with Gasteiger partial charge in [-0.25, -0.2) is 0 Å². The summed E-state index contributed by atoms with van der Waals surface area (Å²) in [5.41, 5.74) is 0.945. The van der Waals surface area contributed by atoms with E-state index in [2.05, 4.69) is 18.9 Å². The third-order valence-corrected chi connectivity index (χ3v) is 4.24. The van der Waals surface area contributed by atoms with Gasteiger partial charge in [0.15, 0.2) is 0 Å². The quantitative estimate of drug-likeness (QED) is 0.900. The Labute approximate surface area is 121 Å². The zero-order valence-corrected chi connectivity index (χ0v) is 12.6. The van der Waals surface area contributed by atoms with Crippen LogP contribution in [0.2, 0.25) is 0 Å². The van der Waals surface area contributed by atoms with Gasteiger partial charge in [-0.15, -0.1) is 0 Å². The number of phenolic OH excluding ortho intramolecular Hbond substituents is 1. The van der Waals surface area contributed by atoms with E-state index in [1.807, 2.05) is 12.1 Å². The van der Waals surface area contributed by atoms with Crippen molar-refractivity contribution in [1.29, 1.82) is 0 Å². The van der Waals surface area contributed by atoms with Crippen molar-refractivity contribution in [3.05, 3.63) is 23.8 Å². The van der Waals surface area contributed by atoms with Crippen molar-refractivity contribution in [3.63, 3.8) is 0 Å². The standard InChI is InChI=1S/C16H25NO3/c1-12(15-5-4-14(19-3)10-16(15)18)17(2)11-13-6-8-20-9-7-13/h4-5,10,12-13,18H,6-9,11H2,1-3H3. The lowest BCUT2D eigenvalue weighted by Gasteiger charge is -2.31. The first-order valence-corrected chi connectivity index (χ1v) is 7.26. The molecule has 1 fully saturated rings. The minimum Gasteiger partial charge on any atom is -0.507 e. The summed E-state index contributed by atoms with van der Waals surface area (Å²) in [5, 5.41) is 10.1. The zero-order chi connectivity index (χ0) is 14.5. The minimum absolute atomic E-state index is 0.184. The topological polar surface area (TPSA) is 41.9 Å². The molecular weight excluding hydrogens is 254 g/mol. The van der Waals surface area contributed by atoms with Crippen LogP contribution in [0.15, 0.2) is 18.2 Å². The highest BCUT2D eigenvalue weighted by Crippen LogP contribution is 2.31. The molecule has 20 heavy (non-hydrogen) atoms. The monoisotopic (exact) mass is 279 g/mol. The van der Waals surface area contributed by atoms with E-state index in [9.17, 15) is 5.11 Å². The van der Waals surface area contributed by atoms with Crippen LogP contribution in [-0.4, -0.2) is 43.9 Å². The van der Waals surface area contributed by atoms with Gasteiger partial charge in [0.1, 0.15) is 11.5 Å². The fourth-order valence-corrected chi connectivity index (χ4v) is 2.74. The molecule has 112 valence electrons. The molecule has 2 rings (SSSR count). The van der Waals surface area contributed by atoms with Crippen LogP contribution in [-0.2, 0) is 4.74 Å². The first kappa shape index (κ1) is 15.1. The maximum Gasteiger partial charge on any atom is 0.124 e. The molecule has 1 saturated heterocycles. The van der Waals surface area contributed by atoms with Crippen LogP contribution in [0.1, 0.15) is 31.4 Å². The Balaban J connectivity index is 2.00. The fraction of sp³-hybridized carbons (Fsp3) is 0.625. The summed E-state index contributed by atoms with van der Waals surface area (Å²) in [6.07, 6.45) is 2.26. The molecule has 0 saturated carbocycles. The van der Waals surface area contributed by atoms with Gasteiger partial charge < -0.3 is 14.6 Å². The van der Waals surface area contributed by atoms with Crippen LogP contribution in [0, 0.1) is 5.92 Å². The predicted octanol–water partition coefficient (Wildman–Crippen LogP) is 2.82. The van der Waals surface area contributed by atoms with Crippen molar-refractivity contribution >= 4 is 0 Å². The summed E-state index contributed by atoms with van der Waals surface area (Å²) < 4.78 is 10.5. The maximum absolute atomic E-state index is 10.1. The van der Waals surface area contributed by atoms with Crippen LogP contribution in [0.5, 0.6) is 11.5 Å². The van der Waals surface area contributed by atoms with Gasteiger partial charge in [0.05, 0.1) is 7.11 Å². The molecule has 0 aliphatic carbocycles. The van der Waals surface area contributed by atoms with Crippen molar-refractivity contribution in [2.24, 2.45) is 5.92 Å². The van der Waals surface area contributed by atoms with Crippen molar-refractivity contribution in [3.8, 4) is 11.5 Å². The molecule has 1 N–H and O–H groups in total. The van der Waals surface area contributed by atoms with Crippen molar-refractivity contribution < 1.29 is 14.6 Å². The predicted molar refractivity (Wildman–Crippen MR) is 79.2 cm³/mol. The zero-order valence-electron chi connectivity index (χ0n) is 12.6. The second-order valence-electron chi connectivity index (χ2n) is 5.60. The molecule has 0 aromatic heterocycles. The van der Waals surface area contributed by atoms with E-state index in [1.165, 1.54) is 0 Å². The molecule has 1 aliphatic rings. The first-order chi connectivity index (χ1) is 9.61. The SMILES string of the molecule is COc1ccc(C(C)N(C)CC2CCOCC2)c(O)c1. The van der Waals surface area contributed by atoms with Gasteiger partial charge >= 0.3 is 0 Å². The van der Waals surface area contributed by atoms with Crippen LogP contribution in [0.25, 0.3) is 0 Å². The number of phenols is 1. The van der Waals surface area contributed by atoms with Gasteiger partial charge in [0.25, 0.3) is 0 Å². The Bertz CT molecular complexity index is 430. The van der Waals surface area contributed by atoms with Gasteiger partial charge in [-0.1, -0.05) is 6.07 Å². The Morgan fingerprint density at radius 3 is 2.70 bits per heavy atom. The number of rotatable bonds is 5. The van der Waals surface area contributed by atoms with E-state index in [-0.39, 0.29) is 6.04 Å². The van der Waals surface area contributed by atoms with Crippen molar-refractivity contribution in [2.75, 3.05) is 33.9 Å². The molecule has 1 atom stereocenters. The van der Waals surface area contributed by atoms with E-state index in [1.54, 1.807) is 13.2 Å². The second-order valence-corrected chi connectivity index (χ2v) is 5.60. The molecule has 1 aromatic carbocycles. The summed E-state index contributed by atoms with van der Waals surface area (Å²) >= 11 is 0. The number of benzene rings is 1. The van der Waals surface area contributed by atoms with Crippen molar-refractivity contribution in [2.45, 2.75) is 25.8 Å². The second kappa shape index (κ2) is 6.95. The highest BCUT2D eigenvalue weighted by molar-refractivity contribution is 5.41. The lowest BCUT2D eigenvalue weighted by atomic mass is 9.98. The van der Waals surface area contributed by atoms with Crippen LogP contribution < -0.4 is 4.74 Å². The molecule has 4 nitrogen and oxygen atoms in total. The Hall–Kier alpha value is -1.26. The average molecular weight is 279 g/mol. The maximum atomic E-state index is 10.1. The number of aromatic hydroxyl groups is 1. The van der Waals surface area contributed by atoms with Crippen LogP contribution in [0.3, 0.4) is 0 Å². The van der Waals surface area contributed by atoms with Gasteiger partial charge in [-0.2, -0.15) is 0 Å². The van der Waals surface area contributed by atoms with E-state index < -0.39 is 0 Å². The number of methoxy groups -OCH3 is 1. The molecule has 1 aromatic rings. The Morgan fingerprint density at radius 2 is 2.10 bits per heavy atom. The lowest BCUT2D eigenvalue weighted by Crippen LogP contribution is -2.31. The molecule has 0 amide bonds. The number of nitrogens with zero attached hydrogens (tertiary/aromatic N) is 1. The Kier molecular flexibility index (Phi) is 5.26. The third kappa shape index (κ3) is 3.64. The number of hydrogen-bond donors (Lipinski definition) is 1. The summed E-state index contributed by atoms with van der Waals surface area (Å²) in [6, 6.07) is 5.70. The largest absolute Gasteiger partial charge is 0.507 e. The highest BCUT2D eigenvalue weighted by Gasteiger charge is 2.21. The van der Waals surface area contributed by atoms with Crippen molar-refractivity contribution in [1.82, 2.24) is 4.90 Å². The Morgan fingerprint density at radius 1 is 1.40 bits per heavy atom. The summed E-state index contributed by atoms with van der Waals surface area (Å²) in [4.78, 5) is 2.30. The van der Waals surface area contributed by atoms with E-state index in [0.717, 1.165) is 38.2 Å². The van der Waals surface area contributed by atoms with Gasteiger partial charge in [0.2, 0.25) is 0 Å².